The van der Waals surface area contributed by atoms with Gasteiger partial charge in [0.15, 0.2) is 5.84 Å². The Labute approximate surface area is 152 Å². The van der Waals surface area contributed by atoms with Gasteiger partial charge in [0.2, 0.25) is 11.6 Å². The lowest BCUT2D eigenvalue weighted by atomic mass is 10.2. The summed E-state index contributed by atoms with van der Waals surface area (Å²) in [5.74, 6) is -0.936. The number of hydrogen-bond acceptors (Lipinski definition) is 6. The van der Waals surface area contributed by atoms with Crippen molar-refractivity contribution in [3.63, 3.8) is 0 Å². The number of hydrogen-bond donors (Lipinski definition) is 3. The highest BCUT2D eigenvalue weighted by Crippen LogP contribution is 2.33. The molecule has 10 heteroatoms. The lowest BCUT2D eigenvalue weighted by Gasteiger charge is -2.36. The van der Waals surface area contributed by atoms with Gasteiger partial charge in [-0.25, -0.2) is 4.39 Å². The number of nitrogens with two attached hydrogens (primary N) is 1. The van der Waals surface area contributed by atoms with Crippen LogP contribution in [0.5, 0.6) is 0 Å². The minimum absolute atomic E-state index is 0.00960. The zero-order valence-electron chi connectivity index (χ0n) is 13.5. The van der Waals surface area contributed by atoms with E-state index in [2.05, 4.69) is 26.5 Å². The van der Waals surface area contributed by atoms with Gasteiger partial charge in [0.1, 0.15) is 11.9 Å². The summed E-state index contributed by atoms with van der Waals surface area (Å²) >= 11 is 3.35. The minimum Gasteiger partial charge on any atom is -0.382 e. The molecule has 1 heterocycles. The zero-order valence-corrected chi connectivity index (χ0v) is 15.1. The molecule has 8 nitrogen and oxygen atoms in total. The molecule has 1 fully saturated rings. The summed E-state index contributed by atoms with van der Waals surface area (Å²) in [7, 11) is 0. The monoisotopic (exact) mass is 409 g/mol. The standard InChI is InChI=1S/C15H17BrFN7O/c1-9(25)23-2-4-24(5-3-23)14-11(16)6-10(7-12(14)17)21-22-13(8-18)15(19)20/h6-7,21H,2-5H2,1H3,(H3,19,20)/b22-13+. The molecule has 1 amide bonds. The van der Waals surface area contributed by atoms with Crippen LogP contribution in [0.4, 0.5) is 15.8 Å². The summed E-state index contributed by atoms with van der Waals surface area (Å²) in [5.41, 5.74) is 8.14. The maximum absolute atomic E-state index is 14.5. The van der Waals surface area contributed by atoms with Gasteiger partial charge in [0.05, 0.1) is 11.4 Å². The van der Waals surface area contributed by atoms with Crippen LogP contribution in [-0.4, -0.2) is 48.5 Å². The Morgan fingerprint density at radius 3 is 2.56 bits per heavy atom. The summed E-state index contributed by atoms with van der Waals surface area (Å²) in [5, 5.41) is 19.7. The molecule has 1 aromatic rings. The number of nitrogens with one attached hydrogen (secondary N) is 2. The first-order valence-electron chi connectivity index (χ1n) is 7.41. The van der Waals surface area contributed by atoms with E-state index in [0.717, 1.165) is 0 Å². The lowest BCUT2D eigenvalue weighted by molar-refractivity contribution is -0.129. The number of benzene rings is 1. The van der Waals surface area contributed by atoms with Gasteiger partial charge in [0.25, 0.3) is 0 Å². The molecule has 0 unspecified atom stereocenters. The summed E-state index contributed by atoms with van der Waals surface area (Å²) in [4.78, 5) is 15.0. The van der Waals surface area contributed by atoms with Crippen molar-refractivity contribution in [1.82, 2.24) is 4.90 Å². The Morgan fingerprint density at radius 2 is 2.08 bits per heavy atom. The van der Waals surface area contributed by atoms with Crippen molar-refractivity contribution in [2.75, 3.05) is 36.5 Å². The predicted molar refractivity (Wildman–Crippen MR) is 97.2 cm³/mol. The second-order valence-corrected chi connectivity index (χ2v) is 6.23. The molecular weight excluding hydrogens is 393 g/mol. The summed E-state index contributed by atoms with van der Waals surface area (Å²) in [6.45, 7) is 3.65. The molecule has 2 rings (SSSR count). The number of nitrogens with zero attached hydrogens (tertiary/aromatic N) is 4. The van der Waals surface area contributed by atoms with Gasteiger partial charge in [-0.3, -0.25) is 15.6 Å². The maximum atomic E-state index is 14.5. The van der Waals surface area contributed by atoms with Crippen LogP contribution in [-0.2, 0) is 4.79 Å². The van der Waals surface area contributed by atoms with Gasteiger partial charge < -0.3 is 15.5 Å². The number of nitriles is 1. The highest BCUT2D eigenvalue weighted by atomic mass is 79.9. The maximum Gasteiger partial charge on any atom is 0.219 e. The van der Waals surface area contributed by atoms with Crippen LogP contribution in [0, 0.1) is 22.6 Å². The van der Waals surface area contributed by atoms with Gasteiger partial charge >= 0.3 is 0 Å². The second kappa shape index (κ2) is 7.94. The molecule has 0 atom stereocenters. The smallest absolute Gasteiger partial charge is 0.219 e. The Kier molecular flexibility index (Phi) is 5.93. The zero-order chi connectivity index (χ0) is 18.6. The molecule has 0 radical (unpaired) electrons. The Bertz CT molecular complexity index is 743. The molecule has 4 N–H and O–H groups in total. The van der Waals surface area contributed by atoms with E-state index in [9.17, 15) is 9.18 Å². The third kappa shape index (κ3) is 4.45. The Balaban J connectivity index is 2.17. The summed E-state index contributed by atoms with van der Waals surface area (Å²) in [6.07, 6.45) is 0. The van der Waals surface area contributed by atoms with E-state index < -0.39 is 11.7 Å². The van der Waals surface area contributed by atoms with Crippen LogP contribution < -0.4 is 16.1 Å². The number of rotatable bonds is 4. The average molecular weight is 410 g/mol. The van der Waals surface area contributed by atoms with Gasteiger partial charge in [-0.1, -0.05) is 0 Å². The first kappa shape index (κ1) is 18.7. The van der Waals surface area contributed by atoms with Crippen LogP contribution in [0.25, 0.3) is 0 Å². The molecule has 1 saturated heterocycles. The number of halogens is 2. The van der Waals surface area contributed by atoms with Gasteiger partial charge in [-0.05, 0) is 22.0 Å². The number of amides is 1. The Hall–Kier alpha value is -2.67. The lowest BCUT2D eigenvalue weighted by Crippen LogP contribution is -2.48. The van der Waals surface area contributed by atoms with E-state index in [0.29, 0.717) is 42.0 Å². The van der Waals surface area contributed by atoms with E-state index in [1.165, 1.54) is 13.0 Å². The van der Waals surface area contributed by atoms with Crippen molar-refractivity contribution < 1.29 is 9.18 Å². The van der Waals surface area contributed by atoms with Crippen molar-refractivity contribution in [2.45, 2.75) is 6.92 Å². The molecule has 132 valence electrons. The number of hydrazone groups is 1. The highest BCUT2D eigenvalue weighted by Gasteiger charge is 2.23. The third-order valence-corrected chi connectivity index (χ3v) is 4.32. The first-order chi connectivity index (χ1) is 11.8. The van der Waals surface area contributed by atoms with Crippen molar-refractivity contribution in [3.8, 4) is 6.07 Å². The third-order valence-electron chi connectivity index (χ3n) is 3.72. The molecule has 0 bridgehead atoms. The number of anilines is 2. The molecule has 1 aromatic carbocycles. The van der Waals surface area contributed by atoms with Gasteiger partial charge in [-0.15, -0.1) is 0 Å². The number of carbonyl (C=O) groups excluding carboxylic acids is 1. The van der Waals surface area contributed by atoms with Crippen LogP contribution in [0.15, 0.2) is 21.7 Å². The van der Waals surface area contributed by atoms with Crippen molar-refractivity contribution in [3.05, 3.63) is 22.4 Å². The first-order valence-corrected chi connectivity index (χ1v) is 8.20. The van der Waals surface area contributed by atoms with Crippen LogP contribution in [0.1, 0.15) is 6.92 Å². The molecule has 0 aromatic heterocycles. The molecule has 0 aliphatic carbocycles. The second-order valence-electron chi connectivity index (χ2n) is 5.38. The molecule has 1 aliphatic rings. The average Bonchev–Trinajstić information content (AvgIpc) is 2.55. The summed E-state index contributed by atoms with van der Waals surface area (Å²) < 4.78 is 15.1. The van der Waals surface area contributed by atoms with Crippen molar-refractivity contribution in [2.24, 2.45) is 10.8 Å². The minimum atomic E-state index is -0.477. The van der Waals surface area contributed by atoms with Crippen LogP contribution in [0.2, 0.25) is 0 Å². The molecule has 25 heavy (non-hydrogen) atoms. The fourth-order valence-corrected chi connectivity index (χ4v) is 3.13. The highest BCUT2D eigenvalue weighted by molar-refractivity contribution is 9.10. The Morgan fingerprint density at radius 1 is 1.44 bits per heavy atom. The summed E-state index contributed by atoms with van der Waals surface area (Å²) in [6, 6.07) is 4.53. The fourth-order valence-electron chi connectivity index (χ4n) is 2.44. The van der Waals surface area contributed by atoms with Crippen molar-refractivity contribution >= 4 is 44.8 Å². The fraction of sp³-hybridized carbons (Fsp3) is 0.333. The van der Waals surface area contributed by atoms with E-state index in [1.54, 1.807) is 17.0 Å². The molecule has 0 spiro atoms. The normalized spacial score (nSPS) is 14.9. The quantitative estimate of drug-likeness (QED) is 0.395. The SMILES string of the molecule is CC(=O)N1CCN(c2c(F)cc(N/N=C(\C#N)C(=N)N)cc2Br)CC1. The molecule has 0 saturated carbocycles. The molecular formula is C15H17BrFN7O. The number of carbonyl (C=O) groups is 1. The number of piperazine rings is 1. The van der Waals surface area contributed by atoms with E-state index >= 15 is 0 Å². The topological polar surface area (TPSA) is 122 Å². The van der Waals surface area contributed by atoms with Crippen LogP contribution in [0.3, 0.4) is 0 Å². The largest absolute Gasteiger partial charge is 0.382 e. The van der Waals surface area contributed by atoms with Gasteiger partial charge in [-0.2, -0.15) is 10.4 Å². The number of amidine groups is 1. The van der Waals surface area contributed by atoms with E-state index in [4.69, 9.17) is 16.4 Å². The van der Waals surface area contributed by atoms with Gasteiger partial charge in [0, 0.05) is 43.6 Å². The van der Waals surface area contributed by atoms with Crippen LogP contribution >= 0.6 is 15.9 Å². The predicted octanol–water partition coefficient (Wildman–Crippen LogP) is 1.48. The van der Waals surface area contributed by atoms with Crippen molar-refractivity contribution in [1.29, 1.82) is 10.7 Å². The molecule has 1 aliphatic heterocycles. The van der Waals surface area contributed by atoms with E-state index in [1.807, 2.05) is 4.90 Å². The van der Waals surface area contributed by atoms with E-state index in [-0.39, 0.29) is 11.6 Å².